The normalized spacial score (nSPS) is 15.2. The number of piperidine rings is 1. The number of benzene rings is 1. The van der Waals surface area contributed by atoms with E-state index in [2.05, 4.69) is 5.32 Å². The molecular formula is C16H24N4O3. The number of nitrogen functional groups attached to an aromatic ring is 1. The van der Waals surface area contributed by atoms with Crippen LogP contribution in [0.15, 0.2) is 18.2 Å². The van der Waals surface area contributed by atoms with E-state index >= 15 is 0 Å². The van der Waals surface area contributed by atoms with Crippen LogP contribution < -0.4 is 15.8 Å². The van der Waals surface area contributed by atoms with E-state index in [-0.39, 0.29) is 17.9 Å². The molecule has 0 saturated carbocycles. The van der Waals surface area contributed by atoms with E-state index in [1.54, 1.807) is 49.2 Å². The molecule has 1 saturated heterocycles. The SMILES string of the molecule is COc1ccc(NC(=O)C2CCN(C(=O)N(C)C)CC2)cc1N. The summed E-state index contributed by atoms with van der Waals surface area (Å²) in [5.74, 6) is 0.453. The summed E-state index contributed by atoms with van der Waals surface area (Å²) in [7, 11) is 5.01. The van der Waals surface area contributed by atoms with Gasteiger partial charge in [-0.25, -0.2) is 4.79 Å². The molecule has 0 aromatic heterocycles. The van der Waals surface area contributed by atoms with Crippen LogP contribution in [0.1, 0.15) is 12.8 Å². The predicted molar refractivity (Wildman–Crippen MR) is 89.4 cm³/mol. The molecule has 2 rings (SSSR count). The van der Waals surface area contributed by atoms with Crippen LogP contribution in [0, 0.1) is 5.92 Å². The zero-order valence-electron chi connectivity index (χ0n) is 13.8. The van der Waals surface area contributed by atoms with Crippen LogP contribution in [0.25, 0.3) is 0 Å². The average molecular weight is 320 g/mol. The Hall–Kier alpha value is -2.44. The van der Waals surface area contributed by atoms with Gasteiger partial charge in [0.1, 0.15) is 5.75 Å². The Kier molecular flexibility index (Phi) is 5.31. The molecule has 1 fully saturated rings. The Labute approximate surface area is 136 Å². The van der Waals surface area contributed by atoms with Crippen molar-refractivity contribution >= 4 is 23.3 Å². The number of carbonyl (C=O) groups is 2. The van der Waals surface area contributed by atoms with Gasteiger partial charge in [0, 0.05) is 38.8 Å². The lowest BCUT2D eigenvalue weighted by Crippen LogP contribution is -2.45. The molecule has 0 bridgehead atoms. The first-order valence-corrected chi connectivity index (χ1v) is 7.63. The van der Waals surface area contributed by atoms with Crippen LogP contribution in [-0.4, -0.2) is 56.0 Å². The summed E-state index contributed by atoms with van der Waals surface area (Å²) in [5, 5.41) is 2.88. The van der Waals surface area contributed by atoms with Crippen molar-refractivity contribution in [3.63, 3.8) is 0 Å². The molecule has 1 heterocycles. The highest BCUT2D eigenvalue weighted by atomic mass is 16.5. The van der Waals surface area contributed by atoms with Crippen LogP contribution >= 0.6 is 0 Å². The van der Waals surface area contributed by atoms with E-state index in [4.69, 9.17) is 10.5 Å². The summed E-state index contributed by atoms with van der Waals surface area (Å²) in [6.45, 7) is 1.19. The van der Waals surface area contributed by atoms with E-state index in [0.717, 1.165) is 0 Å². The third kappa shape index (κ3) is 4.06. The summed E-state index contributed by atoms with van der Waals surface area (Å²) in [6.07, 6.45) is 1.33. The highest BCUT2D eigenvalue weighted by Gasteiger charge is 2.28. The third-order valence-corrected chi connectivity index (χ3v) is 4.02. The zero-order chi connectivity index (χ0) is 17.0. The largest absolute Gasteiger partial charge is 0.495 e. The Morgan fingerprint density at radius 3 is 2.48 bits per heavy atom. The molecule has 0 spiro atoms. The Morgan fingerprint density at radius 2 is 1.96 bits per heavy atom. The molecule has 0 radical (unpaired) electrons. The van der Waals surface area contributed by atoms with Crippen LogP contribution in [0.3, 0.4) is 0 Å². The number of methoxy groups -OCH3 is 1. The minimum Gasteiger partial charge on any atom is -0.495 e. The number of urea groups is 1. The molecule has 1 aliphatic heterocycles. The van der Waals surface area contributed by atoms with Crippen molar-refractivity contribution in [2.45, 2.75) is 12.8 Å². The van der Waals surface area contributed by atoms with E-state index < -0.39 is 0 Å². The zero-order valence-corrected chi connectivity index (χ0v) is 13.8. The number of nitrogens with zero attached hydrogens (tertiary/aromatic N) is 2. The van der Waals surface area contributed by atoms with Gasteiger partial charge in [-0.05, 0) is 31.0 Å². The maximum Gasteiger partial charge on any atom is 0.319 e. The van der Waals surface area contributed by atoms with Gasteiger partial charge in [-0.15, -0.1) is 0 Å². The molecule has 1 aromatic rings. The van der Waals surface area contributed by atoms with Crippen molar-refractivity contribution in [2.24, 2.45) is 5.92 Å². The van der Waals surface area contributed by atoms with E-state index in [1.807, 2.05) is 0 Å². The molecule has 0 aliphatic carbocycles. The fourth-order valence-corrected chi connectivity index (χ4v) is 2.67. The number of hydrogen-bond acceptors (Lipinski definition) is 4. The van der Waals surface area contributed by atoms with Crippen molar-refractivity contribution in [1.82, 2.24) is 9.80 Å². The number of nitrogens with one attached hydrogen (secondary N) is 1. The molecule has 0 unspecified atom stereocenters. The fourth-order valence-electron chi connectivity index (χ4n) is 2.67. The lowest BCUT2D eigenvalue weighted by molar-refractivity contribution is -0.121. The van der Waals surface area contributed by atoms with Crippen LogP contribution in [0.5, 0.6) is 5.75 Å². The average Bonchev–Trinajstić information content (AvgIpc) is 2.54. The van der Waals surface area contributed by atoms with Gasteiger partial charge < -0.3 is 25.6 Å². The van der Waals surface area contributed by atoms with E-state index in [9.17, 15) is 9.59 Å². The lowest BCUT2D eigenvalue weighted by Gasteiger charge is -2.33. The number of nitrogens with two attached hydrogens (primary N) is 1. The first-order valence-electron chi connectivity index (χ1n) is 7.63. The molecule has 0 atom stereocenters. The first-order chi connectivity index (χ1) is 10.9. The fraction of sp³-hybridized carbons (Fsp3) is 0.500. The summed E-state index contributed by atoms with van der Waals surface area (Å²) < 4.78 is 5.10. The summed E-state index contributed by atoms with van der Waals surface area (Å²) in [4.78, 5) is 27.6. The predicted octanol–water partition coefficient (Wildman–Crippen LogP) is 1.61. The number of carbonyl (C=O) groups excluding carboxylic acids is 2. The Balaban J connectivity index is 1.90. The molecule has 3 amide bonds. The van der Waals surface area contributed by atoms with Crippen molar-refractivity contribution in [1.29, 1.82) is 0 Å². The maximum atomic E-state index is 12.3. The second kappa shape index (κ2) is 7.21. The molecule has 7 heteroatoms. The standard InChI is InChI=1S/C16H24N4O3/c1-19(2)16(22)20-8-6-11(7-9-20)15(21)18-12-4-5-14(23-3)13(17)10-12/h4-5,10-11H,6-9,17H2,1-3H3,(H,18,21). The number of amides is 3. The summed E-state index contributed by atoms with van der Waals surface area (Å²) in [5.41, 5.74) is 6.98. The van der Waals surface area contributed by atoms with Crippen molar-refractivity contribution < 1.29 is 14.3 Å². The summed E-state index contributed by atoms with van der Waals surface area (Å²) >= 11 is 0. The maximum absolute atomic E-state index is 12.3. The second-order valence-electron chi connectivity index (χ2n) is 5.88. The van der Waals surface area contributed by atoms with Gasteiger partial charge in [0.2, 0.25) is 5.91 Å². The van der Waals surface area contributed by atoms with Crippen molar-refractivity contribution in [3.05, 3.63) is 18.2 Å². The van der Waals surface area contributed by atoms with Gasteiger partial charge in [-0.2, -0.15) is 0 Å². The molecule has 126 valence electrons. The van der Waals surface area contributed by atoms with Gasteiger partial charge in [0.05, 0.1) is 12.8 Å². The van der Waals surface area contributed by atoms with Gasteiger partial charge in [-0.3, -0.25) is 4.79 Å². The molecule has 3 N–H and O–H groups in total. The van der Waals surface area contributed by atoms with Crippen LogP contribution in [0.2, 0.25) is 0 Å². The quantitative estimate of drug-likeness (QED) is 0.828. The number of ether oxygens (including phenoxy) is 1. The Morgan fingerprint density at radius 1 is 1.30 bits per heavy atom. The van der Waals surface area contributed by atoms with Gasteiger partial charge >= 0.3 is 6.03 Å². The van der Waals surface area contributed by atoms with Gasteiger partial charge in [-0.1, -0.05) is 0 Å². The van der Waals surface area contributed by atoms with E-state index in [1.165, 1.54) is 0 Å². The van der Waals surface area contributed by atoms with Crippen LogP contribution in [-0.2, 0) is 4.79 Å². The van der Waals surface area contributed by atoms with Crippen molar-refractivity contribution in [2.75, 3.05) is 45.3 Å². The lowest BCUT2D eigenvalue weighted by atomic mass is 9.96. The number of anilines is 2. The molecule has 1 aromatic carbocycles. The van der Waals surface area contributed by atoms with E-state index in [0.29, 0.717) is 43.1 Å². The van der Waals surface area contributed by atoms with Crippen molar-refractivity contribution in [3.8, 4) is 5.75 Å². The van der Waals surface area contributed by atoms with Crippen LogP contribution in [0.4, 0.5) is 16.2 Å². The Bertz CT molecular complexity index is 581. The minimum atomic E-state index is -0.0930. The second-order valence-corrected chi connectivity index (χ2v) is 5.88. The van der Waals surface area contributed by atoms with Gasteiger partial charge in [0.15, 0.2) is 0 Å². The number of likely N-dealkylation sites (tertiary alicyclic amines) is 1. The molecule has 23 heavy (non-hydrogen) atoms. The smallest absolute Gasteiger partial charge is 0.319 e. The number of rotatable bonds is 3. The highest BCUT2D eigenvalue weighted by molar-refractivity contribution is 5.93. The topological polar surface area (TPSA) is 87.9 Å². The summed E-state index contributed by atoms with van der Waals surface area (Å²) in [6, 6.07) is 5.16. The molecular weight excluding hydrogens is 296 g/mol. The monoisotopic (exact) mass is 320 g/mol. The van der Waals surface area contributed by atoms with Gasteiger partial charge in [0.25, 0.3) is 0 Å². The minimum absolute atomic E-state index is 0.00761. The number of hydrogen-bond donors (Lipinski definition) is 2. The molecule has 1 aliphatic rings. The third-order valence-electron chi connectivity index (χ3n) is 4.02. The highest BCUT2D eigenvalue weighted by Crippen LogP contribution is 2.26. The molecule has 7 nitrogen and oxygen atoms in total. The first kappa shape index (κ1) is 16.9.